The van der Waals surface area contributed by atoms with E-state index in [1.807, 2.05) is 23.5 Å². The molecule has 0 aliphatic carbocycles. The predicted molar refractivity (Wildman–Crippen MR) is 130 cm³/mol. The molecule has 0 bridgehead atoms. The van der Waals surface area contributed by atoms with Gasteiger partial charge in [0.1, 0.15) is 11.5 Å². The number of benzene rings is 2. The monoisotopic (exact) mass is 474 g/mol. The van der Waals surface area contributed by atoms with Crippen LogP contribution in [0.15, 0.2) is 31.7 Å². The van der Waals surface area contributed by atoms with Crippen LogP contribution in [0.5, 0.6) is 11.5 Å². The molecule has 2 atom stereocenters. The molecule has 0 N–H and O–H groups in total. The van der Waals surface area contributed by atoms with Gasteiger partial charge in [-0.3, -0.25) is 0 Å². The summed E-state index contributed by atoms with van der Waals surface area (Å²) in [5.74, 6) is 2.50. The Hall–Kier alpha value is 0.140. The molecule has 2 aromatic carbocycles. The zero-order chi connectivity index (χ0) is 19.9. The van der Waals surface area contributed by atoms with Crippen LogP contribution in [0.3, 0.4) is 0 Å². The second-order valence-electron chi connectivity index (χ2n) is 6.27. The first-order valence-corrected chi connectivity index (χ1v) is 12.0. The molecule has 146 valence electrons. The predicted octanol–water partition coefficient (Wildman–Crippen LogP) is 6.70. The third kappa shape index (κ3) is 4.08. The first-order valence-electron chi connectivity index (χ1n) is 8.26. The molecule has 8 heteroatoms. The highest BCUT2D eigenvalue weighted by molar-refractivity contribution is 8.19. The summed E-state index contributed by atoms with van der Waals surface area (Å²) < 4.78 is 11.2. The van der Waals surface area contributed by atoms with Crippen LogP contribution in [-0.2, 0) is 0 Å². The van der Waals surface area contributed by atoms with Gasteiger partial charge in [-0.15, -0.1) is 74.0 Å². The van der Waals surface area contributed by atoms with Crippen LogP contribution in [0.2, 0.25) is 0 Å². The van der Waals surface area contributed by atoms with E-state index in [2.05, 4.69) is 76.5 Å². The summed E-state index contributed by atoms with van der Waals surface area (Å²) in [6, 6.07) is 4.23. The highest BCUT2D eigenvalue weighted by Crippen LogP contribution is 2.58. The van der Waals surface area contributed by atoms with Crippen molar-refractivity contribution in [2.75, 3.05) is 20.0 Å². The maximum atomic E-state index is 5.43. The smallest absolute Gasteiger partial charge is 0.145 e. The van der Waals surface area contributed by atoms with Crippen LogP contribution < -0.4 is 9.47 Å². The van der Waals surface area contributed by atoms with E-state index in [9.17, 15) is 0 Å². The molecule has 1 fully saturated rings. The van der Waals surface area contributed by atoms with Crippen molar-refractivity contribution in [3.63, 3.8) is 0 Å². The van der Waals surface area contributed by atoms with Crippen LogP contribution in [0.25, 0.3) is 0 Å². The number of hydrogen-bond acceptors (Lipinski definition) is 8. The van der Waals surface area contributed by atoms with Gasteiger partial charge >= 0.3 is 0 Å². The SMILES string of the molecule is COc1c(S)cc(C2CSC(c3cc(S)c(OC)c(S)c3C)S2)c(C)c1S. The molecule has 2 nitrogen and oxygen atoms in total. The largest absolute Gasteiger partial charge is 0.494 e. The highest BCUT2D eigenvalue weighted by atomic mass is 32.2. The van der Waals surface area contributed by atoms with E-state index < -0.39 is 0 Å². The normalized spacial score (nSPS) is 19.4. The quantitative estimate of drug-likeness (QED) is 0.370. The van der Waals surface area contributed by atoms with Crippen molar-refractivity contribution in [2.24, 2.45) is 0 Å². The Morgan fingerprint density at radius 2 is 1.33 bits per heavy atom. The Bertz CT molecular complexity index is 812. The maximum absolute atomic E-state index is 5.43. The Kier molecular flexibility index (Phi) is 7.18. The van der Waals surface area contributed by atoms with Gasteiger partial charge in [-0.05, 0) is 48.2 Å². The minimum Gasteiger partial charge on any atom is -0.494 e. The summed E-state index contributed by atoms with van der Waals surface area (Å²) in [6.45, 7) is 4.19. The fourth-order valence-corrected chi connectivity index (χ4v) is 8.29. The first kappa shape index (κ1) is 21.8. The Morgan fingerprint density at radius 1 is 0.852 bits per heavy atom. The molecule has 1 aliphatic heterocycles. The van der Waals surface area contributed by atoms with Crippen LogP contribution in [0, 0.1) is 13.8 Å². The van der Waals surface area contributed by atoms with Gasteiger partial charge in [0.2, 0.25) is 0 Å². The second kappa shape index (κ2) is 8.88. The van der Waals surface area contributed by atoms with Crippen LogP contribution >= 0.6 is 74.0 Å². The molecule has 2 unspecified atom stereocenters. The Labute approximate surface area is 191 Å². The molecular weight excluding hydrogens is 453 g/mol. The molecule has 1 saturated heterocycles. The van der Waals surface area contributed by atoms with Gasteiger partial charge < -0.3 is 9.47 Å². The van der Waals surface area contributed by atoms with Gasteiger partial charge in [0.25, 0.3) is 0 Å². The molecule has 1 aliphatic rings. The third-order valence-corrected chi connectivity index (χ3v) is 9.78. The van der Waals surface area contributed by atoms with Crippen molar-refractivity contribution < 1.29 is 9.47 Å². The summed E-state index contributed by atoms with van der Waals surface area (Å²) in [5.41, 5.74) is 4.83. The van der Waals surface area contributed by atoms with E-state index in [0.717, 1.165) is 48.0 Å². The molecule has 0 saturated carbocycles. The highest BCUT2D eigenvalue weighted by Gasteiger charge is 2.32. The van der Waals surface area contributed by atoms with Gasteiger partial charge in [-0.25, -0.2) is 0 Å². The van der Waals surface area contributed by atoms with E-state index in [-0.39, 0.29) is 0 Å². The Balaban J connectivity index is 1.93. The summed E-state index contributed by atoms with van der Waals surface area (Å²) in [4.78, 5) is 3.38. The first-order chi connectivity index (χ1) is 12.8. The van der Waals surface area contributed by atoms with Crippen LogP contribution in [-0.4, -0.2) is 20.0 Å². The summed E-state index contributed by atoms with van der Waals surface area (Å²) in [6.07, 6.45) is 0. The lowest BCUT2D eigenvalue weighted by molar-refractivity contribution is 0.393. The average molecular weight is 475 g/mol. The van der Waals surface area contributed by atoms with Crippen molar-refractivity contribution >= 4 is 74.0 Å². The molecule has 0 aromatic heterocycles. The molecular formula is C19H22O2S6. The van der Waals surface area contributed by atoms with Gasteiger partial charge in [-0.2, -0.15) is 0 Å². The lowest BCUT2D eigenvalue weighted by atomic mass is 10.1. The third-order valence-electron chi connectivity index (χ3n) is 4.75. The minimum absolute atomic E-state index is 0.325. The fraction of sp³-hybridized carbons (Fsp3) is 0.368. The lowest BCUT2D eigenvalue weighted by Crippen LogP contribution is -2.00. The van der Waals surface area contributed by atoms with E-state index in [1.165, 1.54) is 11.1 Å². The number of thiol groups is 4. The number of thioether (sulfide) groups is 2. The van der Waals surface area contributed by atoms with E-state index in [4.69, 9.17) is 9.47 Å². The van der Waals surface area contributed by atoms with Crippen LogP contribution in [0.4, 0.5) is 0 Å². The zero-order valence-corrected chi connectivity index (χ0v) is 20.6. The number of methoxy groups -OCH3 is 2. The van der Waals surface area contributed by atoms with Crippen molar-refractivity contribution in [3.05, 3.63) is 34.4 Å². The number of ether oxygens (including phenoxy) is 2. The standard InChI is InChI=1S/C19H22O2S6/c1-8-10(5-12(22)15(20-3)17(8)24)14-7-26-19(27-14)11-6-13(23)16(21-4)18(25)9(11)2/h5-6,14,19,22-25H,7H2,1-4H3. The average Bonchev–Trinajstić information content (AvgIpc) is 3.11. The Morgan fingerprint density at radius 3 is 1.85 bits per heavy atom. The number of hydrogen-bond donors (Lipinski definition) is 4. The fourth-order valence-electron chi connectivity index (χ4n) is 3.21. The molecule has 27 heavy (non-hydrogen) atoms. The van der Waals surface area contributed by atoms with Gasteiger partial charge in [0, 0.05) is 20.8 Å². The zero-order valence-electron chi connectivity index (χ0n) is 15.4. The number of rotatable bonds is 4. The molecule has 2 aromatic rings. The molecule has 1 heterocycles. The summed E-state index contributed by atoms with van der Waals surface area (Å²) in [5, 5.41) is 0.371. The topological polar surface area (TPSA) is 18.5 Å². The molecule has 0 radical (unpaired) electrons. The molecule has 0 amide bonds. The second-order valence-corrected chi connectivity index (χ2v) is 10.9. The van der Waals surface area contributed by atoms with E-state index in [1.54, 1.807) is 14.2 Å². The van der Waals surface area contributed by atoms with Crippen molar-refractivity contribution in [1.29, 1.82) is 0 Å². The van der Waals surface area contributed by atoms with E-state index >= 15 is 0 Å². The molecule has 3 rings (SSSR count). The summed E-state index contributed by atoms with van der Waals surface area (Å²) >= 11 is 22.4. The maximum Gasteiger partial charge on any atom is 0.145 e. The van der Waals surface area contributed by atoms with Gasteiger partial charge in [0.15, 0.2) is 0 Å². The summed E-state index contributed by atoms with van der Waals surface area (Å²) in [7, 11) is 3.31. The van der Waals surface area contributed by atoms with Crippen molar-refractivity contribution in [1.82, 2.24) is 0 Å². The van der Waals surface area contributed by atoms with Crippen molar-refractivity contribution in [3.8, 4) is 11.5 Å². The van der Waals surface area contributed by atoms with E-state index in [0.29, 0.717) is 9.83 Å². The minimum atomic E-state index is 0.325. The van der Waals surface area contributed by atoms with Gasteiger partial charge in [-0.1, -0.05) is 0 Å². The lowest BCUT2D eigenvalue weighted by Gasteiger charge is -2.20. The van der Waals surface area contributed by atoms with Gasteiger partial charge in [0.05, 0.1) is 28.6 Å². The molecule has 0 spiro atoms. The van der Waals surface area contributed by atoms with Crippen LogP contribution in [0.1, 0.15) is 32.1 Å². The van der Waals surface area contributed by atoms with Crippen molar-refractivity contribution in [2.45, 2.75) is 43.3 Å².